The molecule has 0 spiro atoms. The van der Waals surface area contributed by atoms with E-state index in [2.05, 4.69) is 5.32 Å². The highest BCUT2D eigenvalue weighted by atomic mass is 19.1. The lowest BCUT2D eigenvalue weighted by molar-refractivity contribution is -0.135. The summed E-state index contributed by atoms with van der Waals surface area (Å²) in [7, 11) is 0. The molecular formula is C25H31FN2O4. The quantitative estimate of drug-likeness (QED) is 0.672. The number of rotatable bonds is 8. The highest BCUT2D eigenvalue weighted by Crippen LogP contribution is 2.34. The third-order valence-corrected chi connectivity index (χ3v) is 5.52. The first-order valence-corrected chi connectivity index (χ1v) is 11.1. The van der Waals surface area contributed by atoms with Crippen molar-refractivity contribution in [3.63, 3.8) is 0 Å². The van der Waals surface area contributed by atoms with Gasteiger partial charge in [0, 0.05) is 18.7 Å². The van der Waals surface area contributed by atoms with E-state index in [0.29, 0.717) is 44.0 Å². The van der Waals surface area contributed by atoms with Gasteiger partial charge in [-0.25, -0.2) is 4.39 Å². The molecule has 2 aromatic carbocycles. The van der Waals surface area contributed by atoms with Crippen molar-refractivity contribution in [1.29, 1.82) is 0 Å². The van der Waals surface area contributed by atoms with Crippen LogP contribution in [0.3, 0.4) is 0 Å². The van der Waals surface area contributed by atoms with Gasteiger partial charge in [0.15, 0.2) is 11.5 Å². The fourth-order valence-corrected chi connectivity index (χ4v) is 3.82. The smallest absolute Gasteiger partial charge is 0.251 e. The molecule has 3 rings (SSSR count). The minimum absolute atomic E-state index is 0.104. The normalized spacial score (nSPS) is 14.0. The Morgan fingerprint density at radius 2 is 1.62 bits per heavy atom. The molecule has 32 heavy (non-hydrogen) atoms. The van der Waals surface area contributed by atoms with E-state index in [1.165, 1.54) is 24.3 Å². The summed E-state index contributed by atoms with van der Waals surface area (Å²) >= 11 is 0. The molecule has 1 heterocycles. The van der Waals surface area contributed by atoms with E-state index in [4.69, 9.17) is 9.47 Å². The van der Waals surface area contributed by atoms with Crippen molar-refractivity contribution in [3.05, 3.63) is 58.9 Å². The summed E-state index contributed by atoms with van der Waals surface area (Å²) < 4.78 is 24.6. The van der Waals surface area contributed by atoms with Crippen LogP contribution in [-0.2, 0) is 17.8 Å². The van der Waals surface area contributed by atoms with Crippen LogP contribution < -0.4 is 14.8 Å². The molecule has 0 fully saturated rings. The standard InChI is InChI=1S/C25H31FN2O4/c1-5-31-21-13-18-11-12-28(15-19(18)14-22(21)32-6-2)25(30)23(16(3)4)27-24(29)17-7-9-20(26)10-8-17/h7-10,13-14,16,23H,5-6,11-12,15H2,1-4H3,(H,27,29). The number of carbonyl (C=O) groups is 2. The zero-order valence-electron chi connectivity index (χ0n) is 19.1. The average Bonchev–Trinajstić information content (AvgIpc) is 2.77. The van der Waals surface area contributed by atoms with Gasteiger partial charge >= 0.3 is 0 Å². The zero-order valence-corrected chi connectivity index (χ0v) is 19.1. The van der Waals surface area contributed by atoms with Crippen LogP contribution in [0.4, 0.5) is 4.39 Å². The number of hydrogen-bond acceptors (Lipinski definition) is 4. The molecule has 1 N–H and O–H groups in total. The van der Waals surface area contributed by atoms with Gasteiger partial charge in [-0.05, 0) is 73.7 Å². The van der Waals surface area contributed by atoms with Gasteiger partial charge < -0.3 is 19.7 Å². The minimum atomic E-state index is -0.678. The molecular weight excluding hydrogens is 411 g/mol. The van der Waals surface area contributed by atoms with Crippen molar-refractivity contribution < 1.29 is 23.5 Å². The first-order chi connectivity index (χ1) is 15.3. The molecule has 1 aliphatic heterocycles. The first-order valence-electron chi connectivity index (χ1n) is 11.1. The summed E-state index contributed by atoms with van der Waals surface area (Å²) in [5.74, 6) is 0.353. The highest BCUT2D eigenvalue weighted by Gasteiger charge is 2.31. The van der Waals surface area contributed by atoms with Gasteiger partial charge in [-0.3, -0.25) is 9.59 Å². The number of amides is 2. The maximum atomic E-state index is 13.3. The van der Waals surface area contributed by atoms with E-state index in [-0.39, 0.29) is 11.8 Å². The molecule has 0 saturated carbocycles. The van der Waals surface area contributed by atoms with Crippen LogP contribution in [0.15, 0.2) is 36.4 Å². The number of benzene rings is 2. The summed E-state index contributed by atoms with van der Waals surface area (Å²) in [4.78, 5) is 27.8. The molecule has 0 aromatic heterocycles. The number of halogens is 1. The summed E-state index contributed by atoms with van der Waals surface area (Å²) in [6, 6.07) is 8.56. The van der Waals surface area contributed by atoms with Crippen LogP contribution in [0.1, 0.15) is 49.2 Å². The van der Waals surface area contributed by atoms with E-state index >= 15 is 0 Å². The molecule has 1 aliphatic rings. The number of nitrogens with one attached hydrogen (secondary N) is 1. The molecule has 2 amide bonds. The minimum Gasteiger partial charge on any atom is -0.490 e. The molecule has 0 radical (unpaired) electrons. The average molecular weight is 443 g/mol. The second-order valence-corrected chi connectivity index (χ2v) is 8.15. The van der Waals surface area contributed by atoms with Crippen molar-refractivity contribution in [2.75, 3.05) is 19.8 Å². The van der Waals surface area contributed by atoms with Crippen LogP contribution in [0.5, 0.6) is 11.5 Å². The first kappa shape index (κ1) is 23.6. The largest absolute Gasteiger partial charge is 0.490 e. The number of carbonyl (C=O) groups excluding carboxylic acids is 2. The Bertz CT molecular complexity index is 959. The van der Waals surface area contributed by atoms with Crippen LogP contribution >= 0.6 is 0 Å². The molecule has 6 nitrogen and oxygen atoms in total. The van der Waals surface area contributed by atoms with Crippen LogP contribution in [0.25, 0.3) is 0 Å². The number of ether oxygens (including phenoxy) is 2. The molecule has 0 saturated heterocycles. The van der Waals surface area contributed by atoms with Gasteiger partial charge in [0.25, 0.3) is 5.91 Å². The number of hydrogen-bond donors (Lipinski definition) is 1. The van der Waals surface area contributed by atoms with Crippen molar-refractivity contribution in [2.24, 2.45) is 5.92 Å². The SMILES string of the molecule is CCOc1cc2c(cc1OCC)CN(C(=O)C(NC(=O)c1ccc(F)cc1)C(C)C)CC2. The molecule has 0 bridgehead atoms. The predicted molar refractivity (Wildman–Crippen MR) is 120 cm³/mol. The van der Waals surface area contributed by atoms with E-state index < -0.39 is 17.8 Å². The lowest BCUT2D eigenvalue weighted by Crippen LogP contribution is -2.52. The summed E-state index contributed by atoms with van der Waals surface area (Å²) in [6.45, 7) is 9.71. The summed E-state index contributed by atoms with van der Waals surface area (Å²) in [6.07, 6.45) is 0.699. The van der Waals surface area contributed by atoms with Gasteiger partial charge in [-0.15, -0.1) is 0 Å². The Hall–Kier alpha value is -3.09. The van der Waals surface area contributed by atoms with Gasteiger partial charge in [0.2, 0.25) is 5.91 Å². The third kappa shape index (κ3) is 5.39. The molecule has 7 heteroatoms. The maximum absolute atomic E-state index is 13.3. The van der Waals surface area contributed by atoms with Crippen molar-refractivity contribution in [3.8, 4) is 11.5 Å². The van der Waals surface area contributed by atoms with Gasteiger partial charge in [0.1, 0.15) is 11.9 Å². The Morgan fingerprint density at radius 3 is 2.19 bits per heavy atom. The second kappa shape index (κ2) is 10.5. The second-order valence-electron chi connectivity index (χ2n) is 8.15. The predicted octanol–water partition coefficient (Wildman–Crippen LogP) is 3.96. The summed E-state index contributed by atoms with van der Waals surface area (Å²) in [5.41, 5.74) is 2.47. The molecule has 1 atom stereocenters. The van der Waals surface area contributed by atoms with Crippen LogP contribution in [0, 0.1) is 11.7 Å². The van der Waals surface area contributed by atoms with Gasteiger partial charge in [0.05, 0.1) is 13.2 Å². The van der Waals surface area contributed by atoms with E-state index in [1.807, 2.05) is 39.8 Å². The van der Waals surface area contributed by atoms with Gasteiger partial charge in [-0.2, -0.15) is 0 Å². The summed E-state index contributed by atoms with van der Waals surface area (Å²) in [5, 5.41) is 2.83. The topological polar surface area (TPSA) is 67.9 Å². The number of nitrogens with zero attached hydrogens (tertiary/aromatic N) is 1. The van der Waals surface area contributed by atoms with Crippen LogP contribution in [-0.4, -0.2) is 42.5 Å². The highest BCUT2D eigenvalue weighted by molar-refractivity contribution is 5.97. The van der Waals surface area contributed by atoms with Crippen LogP contribution in [0.2, 0.25) is 0 Å². The van der Waals surface area contributed by atoms with Gasteiger partial charge in [-0.1, -0.05) is 13.8 Å². The Balaban J connectivity index is 1.77. The lowest BCUT2D eigenvalue weighted by atomic mass is 9.96. The van der Waals surface area contributed by atoms with Crippen molar-refractivity contribution in [2.45, 2.75) is 46.7 Å². The van der Waals surface area contributed by atoms with E-state index in [9.17, 15) is 14.0 Å². The maximum Gasteiger partial charge on any atom is 0.251 e. The molecule has 2 aromatic rings. The molecule has 0 aliphatic carbocycles. The number of fused-ring (bicyclic) bond motifs is 1. The van der Waals surface area contributed by atoms with E-state index in [0.717, 1.165) is 16.9 Å². The van der Waals surface area contributed by atoms with Crippen molar-refractivity contribution >= 4 is 11.8 Å². The Kier molecular flexibility index (Phi) is 7.72. The zero-order chi connectivity index (χ0) is 23.3. The third-order valence-electron chi connectivity index (χ3n) is 5.52. The fraction of sp³-hybridized carbons (Fsp3) is 0.440. The lowest BCUT2D eigenvalue weighted by Gasteiger charge is -2.34. The Morgan fingerprint density at radius 1 is 1.03 bits per heavy atom. The molecule has 1 unspecified atom stereocenters. The fourth-order valence-electron chi connectivity index (χ4n) is 3.82. The van der Waals surface area contributed by atoms with Crippen molar-refractivity contribution in [1.82, 2.24) is 10.2 Å². The Labute approximate surface area is 188 Å². The van der Waals surface area contributed by atoms with E-state index in [1.54, 1.807) is 4.90 Å². The monoisotopic (exact) mass is 442 g/mol. The molecule has 172 valence electrons.